The van der Waals surface area contributed by atoms with Gasteiger partial charge in [-0.25, -0.2) is 9.97 Å². The Kier molecular flexibility index (Phi) is 5.02. The van der Waals surface area contributed by atoms with Gasteiger partial charge in [-0.05, 0) is 25.7 Å². The molecular weight excluding hydrogens is 292 g/mol. The highest BCUT2D eigenvalue weighted by molar-refractivity contribution is 5.50. The highest BCUT2D eigenvalue weighted by Gasteiger charge is 2.35. The van der Waals surface area contributed by atoms with E-state index in [2.05, 4.69) is 27.1 Å². The standard InChI is InChI=1S/C17H28N4O2/c1-17(7-3-2-6-14(17)23)11-18-15-9-16(20-12-19-15)21-8-4-5-13(21)10-22/h9,12-14,22-23H,2-8,10-11H2,1H3,(H,18,19,20). The number of nitrogens with one attached hydrogen (secondary N) is 1. The molecule has 0 bridgehead atoms. The molecule has 3 atom stereocenters. The topological polar surface area (TPSA) is 81.5 Å². The molecule has 128 valence electrons. The summed E-state index contributed by atoms with van der Waals surface area (Å²) in [6, 6.07) is 2.11. The van der Waals surface area contributed by atoms with Gasteiger partial charge in [-0.15, -0.1) is 0 Å². The SMILES string of the molecule is CC1(CNc2cc(N3CCCC3CO)ncn2)CCCCC1O. The third-order valence-electron chi connectivity index (χ3n) is 5.49. The smallest absolute Gasteiger partial charge is 0.134 e. The largest absolute Gasteiger partial charge is 0.394 e. The summed E-state index contributed by atoms with van der Waals surface area (Å²) in [6.07, 6.45) is 7.64. The molecule has 1 aliphatic carbocycles. The molecule has 3 N–H and O–H groups in total. The van der Waals surface area contributed by atoms with E-state index in [1.807, 2.05) is 6.07 Å². The van der Waals surface area contributed by atoms with Crippen LogP contribution in [0, 0.1) is 5.41 Å². The van der Waals surface area contributed by atoms with Crippen LogP contribution < -0.4 is 10.2 Å². The van der Waals surface area contributed by atoms with Crippen molar-refractivity contribution < 1.29 is 10.2 Å². The van der Waals surface area contributed by atoms with Crippen molar-refractivity contribution in [1.29, 1.82) is 0 Å². The van der Waals surface area contributed by atoms with Crippen LogP contribution in [0.2, 0.25) is 0 Å². The van der Waals surface area contributed by atoms with Crippen LogP contribution >= 0.6 is 0 Å². The second kappa shape index (κ2) is 7.01. The van der Waals surface area contributed by atoms with Crippen LogP contribution in [0.3, 0.4) is 0 Å². The lowest BCUT2D eigenvalue weighted by Crippen LogP contribution is -2.41. The third-order valence-corrected chi connectivity index (χ3v) is 5.49. The number of nitrogens with zero attached hydrogens (tertiary/aromatic N) is 3. The van der Waals surface area contributed by atoms with Crippen LogP contribution in [-0.2, 0) is 0 Å². The molecule has 2 fully saturated rings. The minimum atomic E-state index is -0.248. The van der Waals surface area contributed by atoms with Crippen molar-refractivity contribution in [3.63, 3.8) is 0 Å². The van der Waals surface area contributed by atoms with Crippen molar-refractivity contribution in [1.82, 2.24) is 9.97 Å². The van der Waals surface area contributed by atoms with Gasteiger partial charge in [0.2, 0.25) is 0 Å². The van der Waals surface area contributed by atoms with E-state index in [9.17, 15) is 10.2 Å². The zero-order chi connectivity index (χ0) is 16.3. The summed E-state index contributed by atoms with van der Waals surface area (Å²) < 4.78 is 0. The number of hydrogen-bond acceptors (Lipinski definition) is 6. The van der Waals surface area contributed by atoms with Gasteiger partial charge in [-0.3, -0.25) is 0 Å². The molecule has 0 radical (unpaired) electrons. The first-order chi connectivity index (χ1) is 11.1. The van der Waals surface area contributed by atoms with Crippen LogP contribution in [0.5, 0.6) is 0 Å². The van der Waals surface area contributed by atoms with E-state index in [4.69, 9.17) is 0 Å². The van der Waals surface area contributed by atoms with Crippen LogP contribution in [0.1, 0.15) is 45.4 Å². The Morgan fingerprint density at radius 2 is 2.17 bits per heavy atom. The molecule has 6 heteroatoms. The van der Waals surface area contributed by atoms with Crippen molar-refractivity contribution >= 4 is 11.6 Å². The summed E-state index contributed by atoms with van der Waals surface area (Å²) >= 11 is 0. The first-order valence-electron chi connectivity index (χ1n) is 8.74. The highest BCUT2D eigenvalue weighted by atomic mass is 16.3. The Hall–Kier alpha value is -1.40. The molecule has 0 spiro atoms. The Bertz CT molecular complexity index is 527. The number of aliphatic hydroxyl groups excluding tert-OH is 2. The summed E-state index contributed by atoms with van der Waals surface area (Å²) in [6.45, 7) is 3.96. The molecule has 1 aromatic heterocycles. The Balaban J connectivity index is 1.66. The van der Waals surface area contributed by atoms with Gasteiger partial charge in [-0.2, -0.15) is 0 Å². The minimum Gasteiger partial charge on any atom is -0.394 e. The Morgan fingerprint density at radius 1 is 1.30 bits per heavy atom. The Labute approximate surface area is 138 Å². The zero-order valence-electron chi connectivity index (χ0n) is 13.9. The Morgan fingerprint density at radius 3 is 2.96 bits per heavy atom. The molecule has 3 rings (SSSR count). The fraction of sp³-hybridized carbons (Fsp3) is 0.765. The first kappa shape index (κ1) is 16.5. The van der Waals surface area contributed by atoms with Crippen molar-refractivity contribution in [3.05, 3.63) is 12.4 Å². The molecule has 0 amide bonds. The fourth-order valence-electron chi connectivity index (χ4n) is 3.81. The van der Waals surface area contributed by atoms with Crippen molar-refractivity contribution in [3.8, 4) is 0 Å². The third kappa shape index (κ3) is 3.58. The van der Waals surface area contributed by atoms with Gasteiger partial charge in [-0.1, -0.05) is 19.8 Å². The maximum atomic E-state index is 10.3. The molecule has 6 nitrogen and oxygen atoms in total. The van der Waals surface area contributed by atoms with Crippen molar-refractivity contribution in [2.45, 2.75) is 57.6 Å². The summed E-state index contributed by atoms with van der Waals surface area (Å²) in [7, 11) is 0. The van der Waals surface area contributed by atoms with Gasteiger partial charge >= 0.3 is 0 Å². The minimum absolute atomic E-state index is 0.0926. The molecule has 2 aliphatic rings. The predicted octanol–water partition coefficient (Wildman–Crippen LogP) is 1.79. The lowest BCUT2D eigenvalue weighted by molar-refractivity contribution is 0.00958. The number of rotatable bonds is 5. The lowest BCUT2D eigenvalue weighted by atomic mass is 9.73. The molecule has 3 unspecified atom stereocenters. The van der Waals surface area contributed by atoms with E-state index in [1.54, 1.807) is 6.33 Å². The maximum absolute atomic E-state index is 10.3. The monoisotopic (exact) mass is 320 g/mol. The lowest BCUT2D eigenvalue weighted by Gasteiger charge is -2.38. The second-order valence-corrected chi connectivity index (χ2v) is 7.20. The molecule has 1 aliphatic heterocycles. The summed E-state index contributed by atoms with van der Waals surface area (Å²) in [5.41, 5.74) is -0.0926. The van der Waals surface area contributed by atoms with Gasteiger partial charge in [0.05, 0.1) is 18.8 Å². The van der Waals surface area contributed by atoms with E-state index in [0.29, 0.717) is 6.54 Å². The molecule has 23 heavy (non-hydrogen) atoms. The van der Waals surface area contributed by atoms with E-state index in [1.165, 1.54) is 6.42 Å². The average molecular weight is 320 g/mol. The van der Waals surface area contributed by atoms with E-state index in [0.717, 1.165) is 50.3 Å². The predicted molar refractivity (Wildman–Crippen MR) is 90.6 cm³/mol. The number of aliphatic hydroxyl groups is 2. The van der Waals surface area contributed by atoms with Gasteiger partial charge in [0.1, 0.15) is 18.0 Å². The molecule has 1 saturated heterocycles. The molecule has 2 heterocycles. The van der Waals surface area contributed by atoms with Gasteiger partial charge in [0, 0.05) is 24.6 Å². The molecular formula is C17H28N4O2. The van der Waals surface area contributed by atoms with Crippen LogP contribution in [0.15, 0.2) is 12.4 Å². The number of anilines is 2. The number of hydrogen-bond donors (Lipinski definition) is 3. The van der Waals surface area contributed by atoms with Crippen molar-refractivity contribution in [2.75, 3.05) is 29.9 Å². The molecule has 1 saturated carbocycles. The van der Waals surface area contributed by atoms with Gasteiger partial charge in [0.25, 0.3) is 0 Å². The zero-order valence-corrected chi connectivity index (χ0v) is 13.9. The van der Waals surface area contributed by atoms with Crippen LogP contribution in [0.4, 0.5) is 11.6 Å². The van der Waals surface area contributed by atoms with Gasteiger partial charge < -0.3 is 20.4 Å². The highest BCUT2D eigenvalue weighted by Crippen LogP contribution is 2.36. The van der Waals surface area contributed by atoms with Crippen LogP contribution in [0.25, 0.3) is 0 Å². The second-order valence-electron chi connectivity index (χ2n) is 7.20. The van der Waals surface area contributed by atoms with E-state index < -0.39 is 0 Å². The fourth-order valence-corrected chi connectivity index (χ4v) is 3.81. The van der Waals surface area contributed by atoms with Gasteiger partial charge in [0.15, 0.2) is 0 Å². The van der Waals surface area contributed by atoms with E-state index in [-0.39, 0.29) is 24.2 Å². The molecule has 1 aromatic rings. The maximum Gasteiger partial charge on any atom is 0.134 e. The average Bonchev–Trinajstić information content (AvgIpc) is 3.05. The normalized spacial score (nSPS) is 31.3. The summed E-state index contributed by atoms with van der Waals surface area (Å²) in [5.74, 6) is 1.66. The first-order valence-corrected chi connectivity index (χ1v) is 8.74. The summed E-state index contributed by atoms with van der Waals surface area (Å²) in [5, 5.41) is 23.1. The molecule has 0 aromatic carbocycles. The quantitative estimate of drug-likeness (QED) is 0.767. The van der Waals surface area contributed by atoms with Crippen LogP contribution in [-0.4, -0.2) is 52.0 Å². The van der Waals surface area contributed by atoms with E-state index >= 15 is 0 Å². The van der Waals surface area contributed by atoms with Crippen molar-refractivity contribution in [2.24, 2.45) is 5.41 Å². The summed E-state index contributed by atoms with van der Waals surface area (Å²) in [4.78, 5) is 10.8. The number of aromatic nitrogens is 2.